The van der Waals surface area contributed by atoms with Gasteiger partial charge < -0.3 is 14.8 Å². The van der Waals surface area contributed by atoms with Crippen molar-refractivity contribution in [1.29, 1.82) is 0 Å². The average molecular weight is 370 g/mol. The predicted molar refractivity (Wildman–Crippen MR) is 106 cm³/mol. The lowest BCUT2D eigenvalue weighted by Gasteiger charge is -2.30. The molecule has 3 rings (SSSR count). The zero-order valence-electron chi connectivity index (χ0n) is 16.6. The van der Waals surface area contributed by atoms with E-state index in [1.807, 2.05) is 47.6 Å². The summed E-state index contributed by atoms with van der Waals surface area (Å²) in [5, 5.41) is 3.01. The average Bonchev–Trinajstić information content (AvgIpc) is 3.01. The van der Waals surface area contributed by atoms with Crippen LogP contribution < -0.4 is 5.32 Å². The lowest BCUT2D eigenvalue weighted by Crippen LogP contribution is -2.40. The summed E-state index contributed by atoms with van der Waals surface area (Å²) in [4.78, 5) is 31.6. The van der Waals surface area contributed by atoms with Crippen LogP contribution in [0.25, 0.3) is 11.0 Å². The molecule has 1 aliphatic rings. The van der Waals surface area contributed by atoms with Crippen LogP contribution in [0.2, 0.25) is 0 Å². The first-order chi connectivity index (χ1) is 13.0. The third kappa shape index (κ3) is 4.49. The second-order valence-electron chi connectivity index (χ2n) is 7.65. The minimum Gasteiger partial charge on any atom is -0.346 e. The third-order valence-corrected chi connectivity index (χ3v) is 5.36. The number of fused-ring (bicyclic) bond motifs is 1. The minimum atomic E-state index is -0.245. The number of rotatable bonds is 6. The normalized spacial score (nSPS) is 16.5. The van der Waals surface area contributed by atoms with E-state index in [1.54, 1.807) is 0 Å². The number of amides is 2. The highest BCUT2D eigenvalue weighted by Gasteiger charge is 2.24. The van der Waals surface area contributed by atoms with Gasteiger partial charge >= 0.3 is 0 Å². The van der Waals surface area contributed by atoms with Crippen molar-refractivity contribution in [3.8, 4) is 0 Å². The van der Waals surface area contributed by atoms with Crippen molar-refractivity contribution in [2.45, 2.75) is 59.0 Å². The van der Waals surface area contributed by atoms with Gasteiger partial charge in [-0.05, 0) is 44.2 Å². The van der Waals surface area contributed by atoms with Crippen LogP contribution in [0.3, 0.4) is 0 Å². The number of imidazole rings is 1. The molecule has 0 spiro atoms. The van der Waals surface area contributed by atoms with Crippen LogP contribution >= 0.6 is 0 Å². The molecule has 0 aliphatic carbocycles. The van der Waals surface area contributed by atoms with Gasteiger partial charge in [-0.3, -0.25) is 9.59 Å². The number of nitrogens with one attached hydrogen (secondary N) is 1. The Morgan fingerprint density at radius 1 is 1.26 bits per heavy atom. The van der Waals surface area contributed by atoms with Crippen LogP contribution in [0, 0.1) is 5.92 Å². The van der Waals surface area contributed by atoms with E-state index in [0.717, 1.165) is 49.2 Å². The molecule has 1 aliphatic heterocycles. The molecule has 0 radical (unpaired) electrons. The first kappa shape index (κ1) is 19.4. The van der Waals surface area contributed by atoms with E-state index in [9.17, 15) is 9.59 Å². The Bertz CT molecular complexity index is 806. The van der Waals surface area contributed by atoms with E-state index in [-0.39, 0.29) is 24.4 Å². The monoisotopic (exact) mass is 370 g/mol. The van der Waals surface area contributed by atoms with Gasteiger partial charge in [-0.2, -0.15) is 0 Å². The predicted octanol–water partition coefficient (Wildman–Crippen LogP) is 3.27. The maximum absolute atomic E-state index is 12.9. The smallest absolute Gasteiger partial charge is 0.242 e. The van der Waals surface area contributed by atoms with Crippen molar-refractivity contribution >= 4 is 22.8 Å². The zero-order chi connectivity index (χ0) is 19.4. The molecule has 1 aromatic carbocycles. The Morgan fingerprint density at radius 2 is 1.96 bits per heavy atom. The summed E-state index contributed by atoms with van der Waals surface area (Å²) in [5.41, 5.74) is 1.78. The van der Waals surface area contributed by atoms with Gasteiger partial charge in [-0.15, -0.1) is 0 Å². The minimum absolute atomic E-state index is 0.0138. The highest BCUT2D eigenvalue weighted by molar-refractivity contribution is 5.82. The third-order valence-electron chi connectivity index (χ3n) is 5.36. The highest BCUT2D eigenvalue weighted by atomic mass is 16.2. The molecule has 0 saturated carbocycles. The van der Waals surface area contributed by atoms with E-state index in [2.05, 4.69) is 12.2 Å². The number of benzene rings is 1. The quantitative estimate of drug-likeness (QED) is 0.849. The second kappa shape index (κ2) is 8.55. The summed E-state index contributed by atoms with van der Waals surface area (Å²) in [7, 11) is 0. The molecule has 1 saturated heterocycles. The van der Waals surface area contributed by atoms with Crippen LogP contribution in [0.1, 0.15) is 58.3 Å². The topological polar surface area (TPSA) is 67.2 Å². The SMILES string of the molecule is CCCC(=O)NC(C)c1nc2ccccc2n1CC(=O)N1CCC(C)CC1. The fourth-order valence-corrected chi connectivity index (χ4v) is 3.69. The maximum atomic E-state index is 12.9. The lowest BCUT2D eigenvalue weighted by atomic mass is 9.99. The van der Waals surface area contributed by atoms with Gasteiger partial charge in [0, 0.05) is 19.5 Å². The fourth-order valence-electron chi connectivity index (χ4n) is 3.69. The first-order valence-electron chi connectivity index (χ1n) is 10.0. The fraction of sp³-hybridized carbons (Fsp3) is 0.571. The molecule has 2 amide bonds. The standard InChI is InChI=1S/C21H30N4O2/c1-4-7-19(26)22-16(3)21-23-17-8-5-6-9-18(17)25(21)14-20(27)24-12-10-15(2)11-13-24/h5-6,8-9,15-16H,4,7,10-14H2,1-3H3,(H,22,26). The van der Waals surface area contributed by atoms with E-state index < -0.39 is 0 Å². The molecule has 1 fully saturated rings. The molecule has 1 unspecified atom stereocenters. The largest absolute Gasteiger partial charge is 0.346 e. The molecule has 0 bridgehead atoms. The zero-order valence-corrected chi connectivity index (χ0v) is 16.6. The number of aromatic nitrogens is 2. The van der Waals surface area contributed by atoms with Gasteiger partial charge in [0.1, 0.15) is 12.4 Å². The van der Waals surface area contributed by atoms with Crippen molar-refractivity contribution < 1.29 is 9.59 Å². The Kier molecular flexibility index (Phi) is 6.14. The van der Waals surface area contributed by atoms with Crippen molar-refractivity contribution in [2.75, 3.05) is 13.1 Å². The Hall–Kier alpha value is -2.37. The van der Waals surface area contributed by atoms with Crippen LogP contribution in [0.5, 0.6) is 0 Å². The van der Waals surface area contributed by atoms with Gasteiger partial charge in [0.15, 0.2) is 0 Å². The van der Waals surface area contributed by atoms with Crippen LogP contribution in [-0.2, 0) is 16.1 Å². The summed E-state index contributed by atoms with van der Waals surface area (Å²) in [6.07, 6.45) is 3.43. The van der Waals surface area contributed by atoms with Gasteiger partial charge in [-0.25, -0.2) is 4.98 Å². The van der Waals surface area contributed by atoms with Crippen LogP contribution in [0.15, 0.2) is 24.3 Å². The van der Waals surface area contributed by atoms with Crippen molar-refractivity contribution in [3.05, 3.63) is 30.1 Å². The number of para-hydroxylation sites is 2. The molecule has 6 heteroatoms. The molecule has 2 aromatic rings. The Labute approximate surface area is 160 Å². The summed E-state index contributed by atoms with van der Waals surface area (Å²) < 4.78 is 1.96. The molecular formula is C21H30N4O2. The number of nitrogens with zero attached hydrogens (tertiary/aromatic N) is 3. The first-order valence-corrected chi connectivity index (χ1v) is 10.0. The number of hydrogen-bond donors (Lipinski definition) is 1. The van der Waals surface area contributed by atoms with Crippen molar-refractivity contribution in [3.63, 3.8) is 0 Å². The van der Waals surface area contributed by atoms with Crippen LogP contribution in [0.4, 0.5) is 0 Å². The molecule has 6 nitrogen and oxygen atoms in total. The number of piperidine rings is 1. The van der Waals surface area contributed by atoms with Gasteiger partial charge in [0.05, 0.1) is 17.1 Å². The number of likely N-dealkylation sites (tertiary alicyclic amines) is 1. The van der Waals surface area contributed by atoms with Gasteiger partial charge in [-0.1, -0.05) is 26.0 Å². The summed E-state index contributed by atoms with van der Waals surface area (Å²) in [6.45, 7) is 8.06. The van der Waals surface area contributed by atoms with Gasteiger partial charge in [0.2, 0.25) is 11.8 Å². The second-order valence-corrected chi connectivity index (χ2v) is 7.65. The summed E-state index contributed by atoms with van der Waals surface area (Å²) >= 11 is 0. The molecule has 1 aromatic heterocycles. The van der Waals surface area contributed by atoms with Crippen molar-refractivity contribution in [1.82, 2.24) is 19.8 Å². The summed E-state index contributed by atoms with van der Waals surface area (Å²) in [5.74, 6) is 1.56. The maximum Gasteiger partial charge on any atom is 0.242 e. The Balaban J connectivity index is 1.84. The lowest BCUT2D eigenvalue weighted by molar-refractivity contribution is -0.133. The number of carbonyl (C=O) groups excluding carboxylic acids is 2. The molecule has 1 atom stereocenters. The highest BCUT2D eigenvalue weighted by Crippen LogP contribution is 2.22. The molecular weight excluding hydrogens is 340 g/mol. The molecule has 1 N–H and O–H groups in total. The molecule has 27 heavy (non-hydrogen) atoms. The molecule has 146 valence electrons. The van der Waals surface area contributed by atoms with Gasteiger partial charge in [0.25, 0.3) is 0 Å². The number of hydrogen-bond acceptors (Lipinski definition) is 3. The van der Waals surface area contributed by atoms with E-state index >= 15 is 0 Å². The van der Waals surface area contributed by atoms with E-state index in [0.29, 0.717) is 12.3 Å². The number of carbonyl (C=O) groups is 2. The van der Waals surface area contributed by atoms with E-state index in [4.69, 9.17) is 4.98 Å². The van der Waals surface area contributed by atoms with E-state index in [1.165, 1.54) is 0 Å². The summed E-state index contributed by atoms with van der Waals surface area (Å²) in [6, 6.07) is 7.58. The molecule has 2 heterocycles. The van der Waals surface area contributed by atoms with Crippen molar-refractivity contribution in [2.24, 2.45) is 5.92 Å². The Morgan fingerprint density at radius 3 is 2.67 bits per heavy atom. The van der Waals surface area contributed by atoms with Crippen LogP contribution in [-0.4, -0.2) is 39.4 Å².